The number of carbonyl (C=O) groups is 1. The van der Waals surface area contributed by atoms with Crippen molar-refractivity contribution in [2.45, 2.75) is 46.6 Å². The van der Waals surface area contributed by atoms with E-state index in [2.05, 4.69) is 20.2 Å². The number of likely N-dealkylation sites (N-methyl/N-ethyl adjacent to an activating group) is 1. The second kappa shape index (κ2) is 9.37. The van der Waals surface area contributed by atoms with Gasteiger partial charge >= 0.3 is 0 Å². The van der Waals surface area contributed by atoms with E-state index in [-0.39, 0.29) is 30.3 Å². The summed E-state index contributed by atoms with van der Waals surface area (Å²) >= 11 is 0. The Bertz CT molecular complexity index is 1080. The van der Waals surface area contributed by atoms with Gasteiger partial charge in [-0.3, -0.25) is 4.79 Å². The maximum absolute atomic E-state index is 13.4. The van der Waals surface area contributed by atoms with E-state index < -0.39 is 11.6 Å². The number of hydrogen-bond donors (Lipinski definition) is 0. The van der Waals surface area contributed by atoms with Gasteiger partial charge in [-0.25, -0.2) is 9.97 Å². The zero-order valence-electron chi connectivity index (χ0n) is 18.6. The first-order valence-electron chi connectivity index (χ1n) is 10.2. The van der Waals surface area contributed by atoms with Crippen molar-refractivity contribution in [3.05, 3.63) is 53.3 Å². The topological polar surface area (TPSA) is 94.2 Å². The van der Waals surface area contributed by atoms with Gasteiger partial charge in [0.15, 0.2) is 0 Å². The van der Waals surface area contributed by atoms with Crippen LogP contribution in [0.1, 0.15) is 48.3 Å². The van der Waals surface area contributed by atoms with Gasteiger partial charge in [-0.1, -0.05) is 11.6 Å². The molecule has 10 heteroatoms. The van der Waals surface area contributed by atoms with Crippen LogP contribution in [0.25, 0.3) is 11.5 Å². The zero-order chi connectivity index (χ0) is 23.5. The Hall–Kier alpha value is -3.43. The summed E-state index contributed by atoms with van der Waals surface area (Å²) in [5, 5.41) is 7.91. The van der Waals surface area contributed by atoms with Crippen molar-refractivity contribution >= 4 is 5.91 Å². The molecule has 2 heterocycles. The molecule has 0 aliphatic rings. The summed E-state index contributed by atoms with van der Waals surface area (Å²) < 4.78 is 37.7. The summed E-state index contributed by atoms with van der Waals surface area (Å²) in [5.74, 6) is -2.51. The lowest BCUT2D eigenvalue weighted by Crippen LogP contribution is -2.42. The van der Waals surface area contributed by atoms with E-state index in [1.165, 1.54) is 0 Å². The van der Waals surface area contributed by atoms with Crippen LogP contribution in [0, 0.1) is 13.8 Å². The molecule has 32 heavy (non-hydrogen) atoms. The van der Waals surface area contributed by atoms with E-state index >= 15 is 0 Å². The molecule has 8 nitrogen and oxygen atoms in total. The third kappa shape index (κ3) is 5.24. The van der Waals surface area contributed by atoms with Gasteiger partial charge in [0.2, 0.25) is 17.7 Å². The molecule has 1 atom stereocenters. The Morgan fingerprint density at radius 2 is 1.97 bits per heavy atom. The minimum atomic E-state index is -3.08. The van der Waals surface area contributed by atoms with Gasteiger partial charge in [0, 0.05) is 20.4 Å². The molecule has 1 aromatic carbocycles. The molecule has 0 unspecified atom stereocenters. The van der Waals surface area contributed by atoms with Gasteiger partial charge in [-0.05, 0) is 32.9 Å². The normalized spacial score (nSPS) is 12.5. The van der Waals surface area contributed by atoms with Crippen molar-refractivity contribution in [2.75, 3.05) is 13.2 Å². The Morgan fingerprint density at radius 3 is 2.53 bits per heavy atom. The Balaban J connectivity index is 1.76. The molecule has 0 spiro atoms. The fourth-order valence-electron chi connectivity index (χ4n) is 3.15. The second-order valence-corrected chi connectivity index (χ2v) is 7.55. The van der Waals surface area contributed by atoms with Crippen molar-refractivity contribution in [1.82, 2.24) is 25.1 Å². The van der Waals surface area contributed by atoms with E-state index in [4.69, 9.17) is 9.15 Å². The highest BCUT2D eigenvalue weighted by Gasteiger charge is 2.27. The van der Waals surface area contributed by atoms with Gasteiger partial charge in [-0.15, -0.1) is 10.2 Å². The highest BCUT2D eigenvalue weighted by Crippen LogP contribution is 2.27. The minimum Gasteiger partial charge on any atom is -0.474 e. The number of alkyl halides is 2. The largest absolute Gasteiger partial charge is 0.474 e. The maximum atomic E-state index is 13.4. The summed E-state index contributed by atoms with van der Waals surface area (Å²) in [6, 6.07) is 5.07. The quantitative estimate of drug-likeness (QED) is 0.513. The Kier molecular flexibility index (Phi) is 6.81. The van der Waals surface area contributed by atoms with Gasteiger partial charge < -0.3 is 14.1 Å². The molecule has 0 saturated carbocycles. The van der Waals surface area contributed by atoms with Crippen LogP contribution in [-0.4, -0.2) is 50.2 Å². The molecule has 2 aromatic heterocycles. The maximum Gasteiger partial charge on any atom is 0.288 e. The van der Waals surface area contributed by atoms with Gasteiger partial charge in [0.05, 0.1) is 29.6 Å². The lowest BCUT2D eigenvalue weighted by atomic mass is 10.0. The van der Waals surface area contributed by atoms with Crippen LogP contribution in [0.2, 0.25) is 0 Å². The van der Waals surface area contributed by atoms with Gasteiger partial charge in [0.1, 0.15) is 12.3 Å². The number of aromatic nitrogens is 4. The van der Waals surface area contributed by atoms with Crippen molar-refractivity contribution in [2.24, 2.45) is 0 Å². The first kappa shape index (κ1) is 23.2. The summed E-state index contributed by atoms with van der Waals surface area (Å²) in [7, 11) is 0. The minimum absolute atomic E-state index is 0.103. The number of hydrogen-bond acceptors (Lipinski definition) is 7. The number of benzene rings is 1. The zero-order valence-corrected chi connectivity index (χ0v) is 18.6. The van der Waals surface area contributed by atoms with E-state index in [1.807, 2.05) is 32.9 Å². The van der Waals surface area contributed by atoms with Crippen molar-refractivity contribution in [1.29, 1.82) is 0 Å². The lowest BCUT2D eigenvalue weighted by molar-refractivity contribution is 0.0121. The number of nitrogens with zero attached hydrogens (tertiary/aromatic N) is 5. The molecular weight excluding hydrogens is 420 g/mol. The molecule has 0 aliphatic carbocycles. The second-order valence-electron chi connectivity index (χ2n) is 7.55. The molecule has 170 valence electrons. The standard InChI is InChI=1S/C22H25F2N5O3/c1-6-29(14(3)12-31-19-11-25-18(10-26-19)22(5,23)24)21(30)16-8-7-13(2)9-17(16)20-28-27-15(4)32-20/h7-11,14H,6,12H2,1-5H3/t14-/m0/s1. The molecule has 0 bridgehead atoms. The summed E-state index contributed by atoms with van der Waals surface area (Å²) in [4.78, 5) is 22.6. The fourth-order valence-corrected chi connectivity index (χ4v) is 3.15. The van der Waals surface area contributed by atoms with Crippen LogP contribution in [0.3, 0.4) is 0 Å². The molecule has 3 rings (SSSR count). The monoisotopic (exact) mass is 445 g/mol. The van der Waals surface area contributed by atoms with Crippen molar-refractivity contribution < 1.29 is 22.7 Å². The summed E-state index contributed by atoms with van der Waals surface area (Å²) in [6.07, 6.45) is 2.13. The number of rotatable bonds is 8. The van der Waals surface area contributed by atoms with E-state index in [9.17, 15) is 13.6 Å². The van der Waals surface area contributed by atoms with Crippen molar-refractivity contribution in [3.63, 3.8) is 0 Å². The van der Waals surface area contributed by atoms with Crippen LogP contribution < -0.4 is 4.74 Å². The average molecular weight is 445 g/mol. The molecule has 0 N–H and O–H groups in total. The molecule has 0 aliphatic heterocycles. The summed E-state index contributed by atoms with van der Waals surface area (Å²) in [5.41, 5.74) is 1.50. The van der Waals surface area contributed by atoms with E-state index in [0.29, 0.717) is 23.6 Å². The number of carbonyl (C=O) groups excluding carboxylic acids is 1. The van der Waals surface area contributed by atoms with Crippen LogP contribution in [0.5, 0.6) is 5.88 Å². The Labute approximate surface area is 184 Å². The van der Waals surface area contributed by atoms with Gasteiger partial charge in [-0.2, -0.15) is 8.78 Å². The molecule has 0 fully saturated rings. The predicted molar refractivity (Wildman–Crippen MR) is 112 cm³/mol. The number of aryl methyl sites for hydroxylation is 2. The highest BCUT2D eigenvalue weighted by molar-refractivity contribution is 6.00. The van der Waals surface area contributed by atoms with E-state index in [0.717, 1.165) is 24.9 Å². The number of amides is 1. The number of halogens is 2. The molecule has 3 aromatic rings. The molecule has 0 saturated heterocycles. The van der Waals surface area contributed by atoms with Crippen LogP contribution in [-0.2, 0) is 5.92 Å². The van der Waals surface area contributed by atoms with Crippen molar-refractivity contribution in [3.8, 4) is 17.3 Å². The third-order valence-corrected chi connectivity index (χ3v) is 4.85. The SMILES string of the molecule is CCN(C(=O)c1ccc(C)cc1-c1nnc(C)o1)[C@@H](C)COc1cnc(C(C)(F)F)cn1. The molecular formula is C22H25F2N5O3. The third-order valence-electron chi connectivity index (χ3n) is 4.85. The summed E-state index contributed by atoms with van der Waals surface area (Å²) in [6.45, 7) is 8.56. The predicted octanol–water partition coefficient (Wildman–Crippen LogP) is 4.18. The van der Waals surface area contributed by atoms with Gasteiger partial charge in [0.25, 0.3) is 11.8 Å². The van der Waals surface area contributed by atoms with Crippen LogP contribution >= 0.6 is 0 Å². The number of ether oxygens (including phenoxy) is 1. The van der Waals surface area contributed by atoms with Crippen LogP contribution in [0.4, 0.5) is 8.78 Å². The molecule has 1 amide bonds. The fraction of sp³-hybridized carbons (Fsp3) is 0.409. The Morgan fingerprint density at radius 1 is 1.22 bits per heavy atom. The first-order valence-corrected chi connectivity index (χ1v) is 10.2. The smallest absolute Gasteiger partial charge is 0.288 e. The van der Waals surface area contributed by atoms with E-state index in [1.54, 1.807) is 17.9 Å². The first-order chi connectivity index (χ1) is 15.1. The molecule has 0 radical (unpaired) electrons. The average Bonchev–Trinajstić information content (AvgIpc) is 3.18. The lowest BCUT2D eigenvalue weighted by Gasteiger charge is -2.28. The highest BCUT2D eigenvalue weighted by atomic mass is 19.3. The van der Waals surface area contributed by atoms with Crippen LogP contribution in [0.15, 0.2) is 35.0 Å².